The second kappa shape index (κ2) is 8.26. The molecule has 7 nitrogen and oxygen atoms in total. The number of hydrogen-bond donors (Lipinski definition) is 4. The summed E-state index contributed by atoms with van der Waals surface area (Å²) in [6.45, 7) is 1.93. The fourth-order valence-corrected chi connectivity index (χ4v) is 3.32. The minimum absolute atomic E-state index is 0.269. The minimum atomic E-state index is -0.298. The number of anilines is 4. The van der Waals surface area contributed by atoms with Crippen LogP contribution in [0, 0.1) is 6.92 Å². The van der Waals surface area contributed by atoms with Gasteiger partial charge < -0.3 is 11.1 Å². The van der Waals surface area contributed by atoms with E-state index in [0.29, 0.717) is 16.4 Å². The van der Waals surface area contributed by atoms with Crippen LogP contribution in [0.5, 0.6) is 0 Å². The molecule has 1 amide bonds. The van der Waals surface area contributed by atoms with E-state index in [9.17, 15) is 4.79 Å². The fraction of sp³-hybridized carbons (Fsp3) is 0.0455. The second-order valence-corrected chi connectivity index (χ2v) is 7.11. The highest BCUT2D eigenvalue weighted by atomic mass is 35.5. The average molecular weight is 419 g/mol. The maximum absolute atomic E-state index is 12.7. The first kappa shape index (κ1) is 19.5. The number of rotatable bonds is 5. The molecule has 0 spiro atoms. The van der Waals surface area contributed by atoms with Crippen LogP contribution >= 0.6 is 11.6 Å². The molecular weight excluding hydrogens is 400 g/mol. The zero-order chi connectivity index (χ0) is 21.1. The topological polar surface area (TPSA) is 105 Å². The molecule has 0 aliphatic carbocycles. The highest BCUT2D eigenvalue weighted by molar-refractivity contribution is 6.30. The van der Waals surface area contributed by atoms with Crippen LogP contribution in [0.1, 0.15) is 15.9 Å². The summed E-state index contributed by atoms with van der Waals surface area (Å²) >= 11 is 6.01. The van der Waals surface area contributed by atoms with Crippen molar-refractivity contribution in [2.75, 3.05) is 16.5 Å². The Morgan fingerprint density at radius 3 is 2.60 bits per heavy atom. The van der Waals surface area contributed by atoms with Gasteiger partial charge in [0, 0.05) is 16.3 Å². The molecule has 30 heavy (non-hydrogen) atoms. The average Bonchev–Trinajstić information content (AvgIpc) is 2.75. The number of amides is 1. The van der Waals surface area contributed by atoms with Gasteiger partial charge in [0.25, 0.3) is 5.91 Å². The molecular formula is C22H19ClN6O. The number of aromatic nitrogens is 2. The molecule has 1 heterocycles. The Bertz CT molecular complexity index is 1240. The monoisotopic (exact) mass is 418 g/mol. The van der Waals surface area contributed by atoms with Gasteiger partial charge in [0.2, 0.25) is 0 Å². The first-order valence-corrected chi connectivity index (χ1v) is 9.58. The van der Waals surface area contributed by atoms with Crippen molar-refractivity contribution >= 4 is 51.3 Å². The lowest BCUT2D eigenvalue weighted by Crippen LogP contribution is -2.30. The predicted octanol–water partition coefficient (Wildman–Crippen LogP) is 4.67. The van der Waals surface area contributed by atoms with Gasteiger partial charge in [-0.05, 0) is 47.5 Å². The van der Waals surface area contributed by atoms with Gasteiger partial charge in [0.15, 0.2) is 11.6 Å². The number of benzene rings is 3. The Morgan fingerprint density at radius 1 is 1.00 bits per heavy atom. The Morgan fingerprint density at radius 2 is 1.77 bits per heavy atom. The van der Waals surface area contributed by atoms with Crippen LogP contribution in [-0.4, -0.2) is 15.9 Å². The first-order chi connectivity index (χ1) is 14.5. The zero-order valence-electron chi connectivity index (χ0n) is 16.1. The van der Waals surface area contributed by atoms with E-state index >= 15 is 0 Å². The number of carbonyl (C=O) groups excluding carboxylic acids is 1. The third kappa shape index (κ3) is 3.97. The first-order valence-electron chi connectivity index (χ1n) is 9.20. The summed E-state index contributed by atoms with van der Waals surface area (Å²) in [6.07, 6.45) is 1.36. The molecule has 5 N–H and O–H groups in total. The lowest BCUT2D eigenvalue weighted by molar-refractivity contribution is 0.0964. The molecule has 0 saturated carbocycles. The van der Waals surface area contributed by atoms with Crippen molar-refractivity contribution < 1.29 is 4.79 Å². The second-order valence-electron chi connectivity index (χ2n) is 6.67. The highest BCUT2D eigenvalue weighted by Gasteiger charge is 2.13. The van der Waals surface area contributed by atoms with Crippen molar-refractivity contribution in [2.24, 2.45) is 0 Å². The molecule has 0 radical (unpaired) electrons. The van der Waals surface area contributed by atoms with Gasteiger partial charge in [-0.3, -0.25) is 15.6 Å². The van der Waals surface area contributed by atoms with Crippen LogP contribution in [0.2, 0.25) is 5.02 Å². The molecule has 0 saturated heterocycles. The van der Waals surface area contributed by atoms with Gasteiger partial charge in [0.1, 0.15) is 12.0 Å². The third-order valence-corrected chi connectivity index (χ3v) is 4.89. The Kier molecular flexibility index (Phi) is 5.36. The molecule has 0 bridgehead atoms. The van der Waals surface area contributed by atoms with Gasteiger partial charge in [-0.1, -0.05) is 48.0 Å². The van der Waals surface area contributed by atoms with Crippen LogP contribution in [0.25, 0.3) is 10.8 Å². The molecule has 150 valence electrons. The molecule has 0 atom stereocenters. The van der Waals surface area contributed by atoms with Crippen LogP contribution in [-0.2, 0) is 0 Å². The van der Waals surface area contributed by atoms with Crippen LogP contribution in [0.3, 0.4) is 0 Å². The molecule has 0 unspecified atom stereocenters. The largest absolute Gasteiger partial charge is 0.393 e. The minimum Gasteiger partial charge on any atom is -0.393 e. The summed E-state index contributed by atoms with van der Waals surface area (Å²) in [5.74, 6) is 0.401. The van der Waals surface area contributed by atoms with Crippen molar-refractivity contribution in [3.8, 4) is 0 Å². The summed E-state index contributed by atoms with van der Waals surface area (Å²) in [5.41, 5.74) is 14.2. The number of hydrazine groups is 1. The van der Waals surface area contributed by atoms with Crippen LogP contribution in [0.15, 0.2) is 67.0 Å². The molecule has 8 heteroatoms. The summed E-state index contributed by atoms with van der Waals surface area (Å²) in [4.78, 5) is 21.0. The van der Waals surface area contributed by atoms with E-state index in [1.165, 1.54) is 6.33 Å². The molecule has 3 aromatic carbocycles. The van der Waals surface area contributed by atoms with Gasteiger partial charge in [-0.2, -0.15) is 0 Å². The summed E-state index contributed by atoms with van der Waals surface area (Å²) in [6, 6.07) is 18.7. The Labute approximate surface area is 178 Å². The summed E-state index contributed by atoms with van der Waals surface area (Å²) in [7, 11) is 0. The molecule has 1 aromatic heterocycles. The normalized spacial score (nSPS) is 10.6. The maximum atomic E-state index is 12.7. The lowest BCUT2D eigenvalue weighted by atomic mass is 10.0. The van der Waals surface area contributed by atoms with E-state index in [1.807, 2.05) is 55.5 Å². The predicted molar refractivity (Wildman–Crippen MR) is 121 cm³/mol. The highest BCUT2D eigenvalue weighted by Crippen LogP contribution is 2.28. The number of hydrogen-bond acceptors (Lipinski definition) is 6. The Hall–Kier alpha value is -3.84. The lowest BCUT2D eigenvalue weighted by Gasteiger charge is -2.14. The van der Waals surface area contributed by atoms with Crippen molar-refractivity contribution in [3.63, 3.8) is 0 Å². The number of halogens is 1. The zero-order valence-corrected chi connectivity index (χ0v) is 16.9. The maximum Gasteiger partial charge on any atom is 0.270 e. The van der Waals surface area contributed by atoms with E-state index in [-0.39, 0.29) is 17.4 Å². The summed E-state index contributed by atoms with van der Waals surface area (Å²) in [5, 5.41) is 5.65. The van der Waals surface area contributed by atoms with Gasteiger partial charge in [0.05, 0.1) is 0 Å². The smallest absolute Gasteiger partial charge is 0.270 e. The number of carbonyl (C=O) groups is 1. The number of nitrogen functional groups attached to an aromatic ring is 1. The van der Waals surface area contributed by atoms with Crippen LogP contribution in [0.4, 0.5) is 23.0 Å². The number of aryl methyl sites for hydroxylation is 1. The molecule has 4 aromatic rings. The van der Waals surface area contributed by atoms with Crippen molar-refractivity contribution in [2.45, 2.75) is 6.92 Å². The van der Waals surface area contributed by atoms with Crippen molar-refractivity contribution in [1.82, 2.24) is 15.4 Å². The van der Waals surface area contributed by atoms with E-state index in [2.05, 4.69) is 26.1 Å². The molecule has 4 rings (SSSR count). The van der Waals surface area contributed by atoms with Gasteiger partial charge in [-0.15, -0.1) is 0 Å². The van der Waals surface area contributed by atoms with E-state index in [0.717, 1.165) is 22.0 Å². The molecule has 0 aliphatic heterocycles. The van der Waals surface area contributed by atoms with E-state index < -0.39 is 0 Å². The number of nitrogens with two attached hydrogens (primary N) is 1. The fourth-order valence-electron chi connectivity index (χ4n) is 3.10. The SMILES string of the molecule is Cc1cc(Cl)ccc1Nc1ncnc(NNC(=O)c2cccc3ccccc23)c1N. The Balaban J connectivity index is 1.52. The van der Waals surface area contributed by atoms with E-state index in [1.54, 1.807) is 12.1 Å². The third-order valence-electron chi connectivity index (χ3n) is 4.65. The number of nitrogens with zero attached hydrogens (tertiary/aromatic N) is 2. The summed E-state index contributed by atoms with van der Waals surface area (Å²) < 4.78 is 0. The molecule has 0 aliphatic rings. The van der Waals surface area contributed by atoms with Crippen molar-refractivity contribution in [1.29, 1.82) is 0 Å². The number of fused-ring (bicyclic) bond motifs is 1. The van der Waals surface area contributed by atoms with Gasteiger partial charge >= 0.3 is 0 Å². The quantitative estimate of drug-likeness (QED) is 0.351. The standard InChI is InChI=1S/C22H19ClN6O/c1-13-11-15(23)9-10-18(13)27-20-19(24)21(26-12-25-20)28-29-22(30)17-8-4-6-14-5-2-3-7-16(14)17/h2-12H,24H2,1H3,(H,29,30)(H2,25,26,27,28). The van der Waals surface area contributed by atoms with Crippen LogP contribution < -0.4 is 21.9 Å². The van der Waals surface area contributed by atoms with Crippen molar-refractivity contribution in [3.05, 3.63) is 83.1 Å². The van der Waals surface area contributed by atoms with E-state index in [4.69, 9.17) is 17.3 Å². The van der Waals surface area contributed by atoms with Gasteiger partial charge in [-0.25, -0.2) is 9.97 Å². The number of nitrogens with one attached hydrogen (secondary N) is 3. The molecule has 0 fully saturated rings.